The summed E-state index contributed by atoms with van der Waals surface area (Å²) in [7, 11) is 0. The molecule has 19 heavy (non-hydrogen) atoms. The van der Waals surface area contributed by atoms with Gasteiger partial charge in [0.1, 0.15) is 5.54 Å². The van der Waals surface area contributed by atoms with Crippen LogP contribution in [0, 0.1) is 0 Å². The third-order valence-electron chi connectivity index (χ3n) is 4.77. The fourth-order valence-electron chi connectivity index (χ4n) is 3.59. The van der Waals surface area contributed by atoms with Gasteiger partial charge < -0.3 is 15.3 Å². The van der Waals surface area contributed by atoms with Crippen LogP contribution in [0.1, 0.15) is 58.3 Å². The summed E-state index contributed by atoms with van der Waals surface area (Å²) >= 11 is 0. The van der Waals surface area contributed by atoms with Gasteiger partial charge in [0.25, 0.3) is 0 Å². The molecular weight excluding hydrogens is 240 g/mol. The normalized spacial score (nSPS) is 33.2. The first-order chi connectivity index (χ1) is 9.18. The molecule has 2 atom stereocenters. The van der Waals surface area contributed by atoms with Crippen molar-refractivity contribution in [3.8, 4) is 0 Å². The maximum atomic E-state index is 11.6. The van der Waals surface area contributed by atoms with Crippen LogP contribution in [0.5, 0.6) is 0 Å². The Kier molecular flexibility index (Phi) is 5.22. The number of likely N-dealkylation sites (tertiary alicyclic amines) is 1. The molecule has 2 rings (SSSR count). The number of hydrogen-bond acceptors (Lipinski definition) is 3. The summed E-state index contributed by atoms with van der Waals surface area (Å²) in [4.78, 5) is 14.2. The van der Waals surface area contributed by atoms with E-state index >= 15 is 0 Å². The van der Waals surface area contributed by atoms with Crippen molar-refractivity contribution < 1.29 is 9.90 Å². The van der Waals surface area contributed by atoms with E-state index in [-0.39, 0.29) is 0 Å². The number of nitrogens with one attached hydrogen (secondary N) is 1. The number of hydrogen-bond donors (Lipinski definition) is 2. The minimum Gasteiger partial charge on any atom is -0.480 e. The Morgan fingerprint density at radius 3 is 2.58 bits per heavy atom. The Morgan fingerprint density at radius 1 is 1.32 bits per heavy atom. The Labute approximate surface area is 116 Å². The molecule has 0 amide bonds. The van der Waals surface area contributed by atoms with Crippen LogP contribution in [0.25, 0.3) is 0 Å². The zero-order chi connectivity index (χ0) is 13.7. The largest absolute Gasteiger partial charge is 0.480 e. The third-order valence-corrected chi connectivity index (χ3v) is 4.77. The second kappa shape index (κ2) is 6.71. The van der Waals surface area contributed by atoms with Crippen LogP contribution in [-0.4, -0.2) is 47.2 Å². The summed E-state index contributed by atoms with van der Waals surface area (Å²) in [6, 6.07) is 0.471. The maximum absolute atomic E-state index is 11.6. The standard InChI is InChI=1S/C15H28N2O2/c1-2-9-16-15(14(18)19)8-7-13(12-15)17-10-5-3-4-6-11-17/h13,16H,2-12H2,1H3,(H,18,19). The number of carboxylic acid groups (broad SMARTS) is 1. The van der Waals surface area contributed by atoms with Crippen molar-refractivity contribution in [2.24, 2.45) is 0 Å². The Hall–Kier alpha value is -0.610. The third kappa shape index (κ3) is 3.48. The molecule has 2 N–H and O–H groups in total. The number of carboxylic acids is 1. The molecule has 4 heteroatoms. The highest BCUT2D eigenvalue weighted by atomic mass is 16.4. The van der Waals surface area contributed by atoms with Crippen LogP contribution < -0.4 is 5.32 Å². The van der Waals surface area contributed by atoms with Crippen LogP contribution in [0.2, 0.25) is 0 Å². The zero-order valence-electron chi connectivity index (χ0n) is 12.2. The molecule has 0 bridgehead atoms. The second-order valence-corrected chi connectivity index (χ2v) is 6.16. The molecule has 1 heterocycles. The van der Waals surface area contributed by atoms with Crippen LogP contribution in [-0.2, 0) is 4.79 Å². The first-order valence-electron chi connectivity index (χ1n) is 7.90. The van der Waals surface area contributed by atoms with E-state index in [4.69, 9.17) is 0 Å². The lowest BCUT2D eigenvalue weighted by Gasteiger charge is -2.30. The summed E-state index contributed by atoms with van der Waals surface area (Å²) in [5.74, 6) is -0.654. The van der Waals surface area contributed by atoms with Crippen LogP contribution in [0.4, 0.5) is 0 Å². The average Bonchev–Trinajstić information content (AvgIpc) is 2.66. The number of aliphatic carboxylic acids is 1. The lowest BCUT2D eigenvalue weighted by molar-refractivity contribution is -0.144. The second-order valence-electron chi connectivity index (χ2n) is 6.16. The van der Waals surface area contributed by atoms with Gasteiger partial charge in [-0.1, -0.05) is 19.8 Å². The van der Waals surface area contributed by atoms with Gasteiger partial charge in [0.05, 0.1) is 0 Å². The quantitative estimate of drug-likeness (QED) is 0.803. The lowest BCUT2D eigenvalue weighted by Crippen LogP contribution is -2.51. The molecule has 0 radical (unpaired) electrons. The monoisotopic (exact) mass is 268 g/mol. The Bertz CT molecular complexity index is 301. The van der Waals surface area contributed by atoms with Crippen molar-refractivity contribution >= 4 is 5.97 Å². The summed E-state index contributed by atoms with van der Waals surface area (Å²) in [6.07, 6.45) is 8.80. The maximum Gasteiger partial charge on any atom is 0.323 e. The molecule has 1 aliphatic carbocycles. The SMILES string of the molecule is CCCNC1(C(=O)O)CCC(N2CCCCCC2)C1. The average molecular weight is 268 g/mol. The molecule has 110 valence electrons. The van der Waals surface area contributed by atoms with E-state index in [2.05, 4.69) is 17.1 Å². The first-order valence-corrected chi connectivity index (χ1v) is 7.90. The molecule has 0 aromatic heterocycles. The minimum atomic E-state index is -0.660. The predicted octanol–water partition coefficient (Wildman–Crippen LogP) is 2.24. The lowest BCUT2D eigenvalue weighted by atomic mass is 9.97. The van der Waals surface area contributed by atoms with Crippen LogP contribution >= 0.6 is 0 Å². The van der Waals surface area contributed by atoms with Gasteiger partial charge in [-0.05, 0) is 58.2 Å². The fourth-order valence-corrected chi connectivity index (χ4v) is 3.59. The van der Waals surface area contributed by atoms with E-state index in [1.807, 2.05) is 0 Å². The van der Waals surface area contributed by atoms with Crippen molar-refractivity contribution in [3.63, 3.8) is 0 Å². The van der Waals surface area contributed by atoms with Gasteiger partial charge in [0.2, 0.25) is 0 Å². The van der Waals surface area contributed by atoms with Gasteiger partial charge in [0.15, 0.2) is 0 Å². The minimum absolute atomic E-state index is 0.471. The number of rotatable bonds is 5. The van der Waals surface area contributed by atoms with Gasteiger partial charge in [0, 0.05) is 6.04 Å². The summed E-state index contributed by atoms with van der Waals surface area (Å²) in [5, 5.41) is 12.9. The summed E-state index contributed by atoms with van der Waals surface area (Å²) in [6.45, 7) is 5.21. The van der Waals surface area contributed by atoms with E-state index in [0.717, 1.165) is 45.3 Å². The molecule has 4 nitrogen and oxygen atoms in total. The van der Waals surface area contributed by atoms with Crippen molar-refractivity contribution in [2.45, 2.75) is 69.9 Å². The highest BCUT2D eigenvalue weighted by Gasteiger charge is 2.46. The van der Waals surface area contributed by atoms with Gasteiger partial charge in [-0.3, -0.25) is 4.79 Å². The molecule has 2 aliphatic rings. The molecule has 1 saturated heterocycles. The molecule has 0 aromatic rings. The van der Waals surface area contributed by atoms with Gasteiger partial charge in [-0.25, -0.2) is 0 Å². The zero-order valence-corrected chi connectivity index (χ0v) is 12.2. The molecule has 0 aromatic carbocycles. The molecular formula is C15H28N2O2. The molecule has 1 aliphatic heterocycles. The van der Waals surface area contributed by atoms with E-state index in [0.29, 0.717) is 6.04 Å². The molecule has 2 unspecified atom stereocenters. The van der Waals surface area contributed by atoms with Crippen molar-refractivity contribution in [1.29, 1.82) is 0 Å². The topological polar surface area (TPSA) is 52.6 Å². The highest BCUT2D eigenvalue weighted by Crippen LogP contribution is 2.34. The summed E-state index contributed by atoms with van der Waals surface area (Å²) < 4.78 is 0. The van der Waals surface area contributed by atoms with E-state index in [1.165, 1.54) is 25.7 Å². The van der Waals surface area contributed by atoms with Crippen molar-refractivity contribution in [1.82, 2.24) is 10.2 Å². The smallest absolute Gasteiger partial charge is 0.323 e. The predicted molar refractivity (Wildman–Crippen MR) is 76.3 cm³/mol. The Balaban J connectivity index is 1.97. The van der Waals surface area contributed by atoms with Gasteiger partial charge >= 0.3 is 5.97 Å². The molecule has 1 saturated carbocycles. The van der Waals surface area contributed by atoms with E-state index < -0.39 is 11.5 Å². The summed E-state index contributed by atoms with van der Waals surface area (Å²) in [5.41, 5.74) is -0.660. The van der Waals surface area contributed by atoms with E-state index in [9.17, 15) is 9.90 Å². The first kappa shape index (κ1) is 14.8. The molecule has 2 fully saturated rings. The van der Waals surface area contributed by atoms with Gasteiger partial charge in [-0.15, -0.1) is 0 Å². The van der Waals surface area contributed by atoms with Gasteiger partial charge in [-0.2, -0.15) is 0 Å². The molecule has 0 spiro atoms. The van der Waals surface area contributed by atoms with E-state index in [1.54, 1.807) is 0 Å². The van der Waals surface area contributed by atoms with Crippen LogP contribution in [0.3, 0.4) is 0 Å². The fraction of sp³-hybridized carbons (Fsp3) is 0.933. The number of nitrogens with zero attached hydrogens (tertiary/aromatic N) is 1. The highest BCUT2D eigenvalue weighted by molar-refractivity contribution is 5.79. The Morgan fingerprint density at radius 2 is 2.00 bits per heavy atom. The van der Waals surface area contributed by atoms with Crippen LogP contribution in [0.15, 0.2) is 0 Å². The van der Waals surface area contributed by atoms with Crippen molar-refractivity contribution in [3.05, 3.63) is 0 Å². The number of carbonyl (C=O) groups is 1. The van der Waals surface area contributed by atoms with Crippen molar-refractivity contribution in [2.75, 3.05) is 19.6 Å².